The SMILES string of the molecule is Cc1ccc(O)c(C(=O)NCCn2cc(C)nn2)c1. The second-order valence-electron chi connectivity index (χ2n) is 4.40. The van der Waals surface area contributed by atoms with Crippen molar-refractivity contribution in [3.63, 3.8) is 0 Å². The fourth-order valence-corrected chi connectivity index (χ4v) is 1.72. The van der Waals surface area contributed by atoms with Gasteiger partial charge in [0.15, 0.2) is 0 Å². The summed E-state index contributed by atoms with van der Waals surface area (Å²) >= 11 is 0. The molecule has 0 saturated carbocycles. The summed E-state index contributed by atoms with van der Waals surface area (Å²) in [5, 5.41) is 20.1. The highest BCUT2D eigenvalue weighted by Crippen LogP contribution is 2.17. The van der Waals surface area contributed by atoms with Crippen molar-refractivity contribution in [2.75, 3.05) is 6.54 Å². The molecule has 1 heterocycles. The molecule has 0 spiro atoms. The number of aryl methyl sites for hydroxylation is 2. The van der Waals surface area contributed by atoms with Crippen LogP contribution in [-0.4, -0.2) is 32.6 Å². The van der Waals surface area contributed by atoms with Gasteiger partial charge in [-0.3, -0.25) is 9.48 Å². The number of nitrogens with zero attached hydrogens (tertiary/aromatic N) is 3. The summed E-state index contributed by atoms with van der Waals surface area (Å²) in [6, 6.07) is 4.93. The van der Waals surface area contributed by atoms with Gasteiger partial charge >= 0.3 is 0 Å². The lowest BCUT2D eigenvalue weighted by atomic mass is 10.1. The van der Waals surface area contributed by atoms with E-state index in [-0.39, 0.29) is 17.2 Å². The molecule has 0 aliphatic carbocycles. The van der Waals surface area contributed by atoms with Gasteiger partial charge in [0, 0.05) is 12.7 Å². The fraction of sp³-hybridized carbons (Fsp3) is 0.308. The minimum Gasteiger partial charge on any atom is -0.507 e. The van der Waals surface area contributed by atoms with E-state index in [0.29, 0.717) is 13.1 Å². The number of phenols is 1. The first kappa shape index (κ1) is 13.1. The van der Waals surface area contributed by atoms with Crippen LogP contribution in [0.25, 0.3) is 0 Å². The number of hydrogen-bond acceptors (Lipinski definition) is 4. The lowest BCUT2D eigenvalue weighted by molar-refractivity contribution is 0.0949. The highest BCUT2D eigenvalue weighted by molar-refractivity contribution is 5.96. The minimum absolute atomic E-state index is 0.0142. The number of hydrogen-bond donors (Lipinski definition) is 2. The van der Waals surface area contributed by atoms with Crippen LogP contribution in [0.1, 0.15) is 21.6 Å². The fourth-order valence-electron chi connectivity index (χ4n) is 1.72. The monoisotopic (exact) mass is 260 g/mol. The largest absolute Gasteiger partial charge is 0.507 e. The van der Waals surface area contributed by atoms with E-state index in [2.05, 4.69) is 15.6 Å². The van der Waals surface area contributed by atoms with Gasteiger partial charge < -0.3 is 10.4 Å². The zero-order valence-electron chi connectivity index (χ0n) is 10.9. The number of amides is 1. The van der Waals surface area contributed by atoms with Gasteiger partial charge in [-0.25, -0.2) is 0 Å². The van der Waals surface area contributed by atoms with Gasteiger partial charge in [0.25, 0.3) is 5.91 Å². The Bertz CT molecular complexity index is 592. The summed E-state index contributed by atoms with van der Waals surface area (Å²) in [7, 11) is 0. The lowest BCUT2D eigenvalue weighted by Crippen LogP contribution is -2.27. The molecule has 2 rings (SSSR count). The molecule has 0 atom stereocenters. The topological polar surface area (TPSA) is 80.0 Å². The molecule has 19 heavy (non-hydrogen) atoms. The van der Waals surface area contributed by atoms with Crippen LogP contribution < -0.4 is 5.32 Å². The molecule has 0 fully saturated rings. The number of phenolic OH excluding ortho intramolecular Hbond substituents is 1. The zero-order valence-corrected chi connectivity index (χ0v) is 10.9. The predicted octanol–water partition coefficient (Wildman–Crippen LogP) is 1.03. The van der Waals surface area contributed by atoms with E-state index < -0.39 is 0 Å². The minimum atomic E-state index is -0.293. The third-order valence-electron chi connectivity index (χ3n) is 2.68. The van der Waals surface area contributed by atoms with Crippen molar-refractivity contribution in [1.29, 1.82) is 0 Å². The molecule has 1 aromatic carbocycles. The van der Waals surface area contributed by atoms with Gasteiger partial charge in [-0.05, 0) is 26.0 Å². The van der Waals surface area contributed by atoms with Gasteiger partial charge in [0.1, 0.15) is 5.75 Å². The van der Waals surface area contributed by atoms with Crippen LogP contribution in [0.5, 0.6) is 5.75 Å². The molecule has 0 aliphatic heterocycles. The van der Waals surface area contributed by atoms with Crippen molar-refractivity contribution < 1.29 is 9.90 Å². The quantitative estimate of drug-likeness (QED) is 0.860. The Labute approximate surface area is 111 Å². The first-order chi connectivity index (χ1) is 9.06. The summed E-state index contributed by atoms with van der Waals surface area (Å²) in [5.41, 5.74) is 2.05. The Balaban J connectivity index is 1.92. The van der Waals surface area contributed by atoms with E-state index in [0.717, 1.165) is 11.3 Å². The smallest absolute Gasteiger partial charge is 0.255 e. The summed E-state index contributed by atoms with van der Waals surface area (Å²) in [5.74, 6) is -0.308. The van der Waals surface area contributed by atoms with E-state index in [1.54, 1.807) is 23.0 Å². The van der Waals surface area contributed by atoms with E-state index in [4.69, 9.17) is 0 Å². The molecule has 0 saturated heterocycles. The molecule has 0 unspecified atom stereocenters. The molecule has 0 bridgehead atoms. The van der Waals surface area contributed by atoms with Gasteiger partial charge in [-0.15, -0.1) is 5.10 Å². The van der Waals surface area contributed by atoms with Crippen molar-refractivity contribution in [2.45, 2.75) is 20.4 Å². The second kappa shape index (κ2) is 5.51. The van der Waals surface area contributed by atoms with Crippen molar-refractivity contribution in [2.24, 2.45) is 0 Å². The molecule has 6 nitrogen and oxygen atoms in total. The second-order valence-corrected chi connectivity index (χ2v) is 4.40. The Morgan fingerprint density at radius 1 is 1.42 bits per heavy atom. The predicted molar refractivity (Wildman–Crippen MR) is 69.9 cm³/mol. The maximum Gasteiger partial charge on any atom is 0.255 e. The van der Waals surface area contributed by atoms with Crippen molar-refractivity contribution in [3.8, 4) is 5.75 Å². The maximum absolute atomic E-state index is 11.9. The van der Waals surface area contributed by atoms with Gasteiger partial charge in [-0.1, -0.05) is 16.8 Å². The number of aromatic hydroxyl groups is 1. The van der Waals surface area contributed by atoms with Crippen LogP contribution in [0.3, 0.4) is 0 Å². The van der Waals surface area contributed by atoms with Crippen LogP contribution >= 0.6 is 0 Å². The number of nitrogens with one attached hydrogen (secondary N) is 1. The third kappa shape index (κ3) is 3.31. The van der Waals surface area contributed by atoms with E-state index >= 15 is 0 Å². The lowest BCUT2D eigenvalue weighted by Gasteiger charge is -2.07. The van der Waals surface area contributed by atoms with Crippen LogP contribution in [0.2, 0.25) is 0 Å². The zero-order chi connectivity index (χ0) is 13.8. The highest BCUT2D eigenvalue weighted by atomic mass is 16.3. The molecule has 100 valence electrons. The molecule has 6 heteroatoms. The Hall–Kier alpha value is -2.37. The molecule has 2 N–H and O–H groups in total. The van der Waals surface area contributed by atoms with Crippen molar-refractivity contribution in [1.82, 2.24) is 20.3 Å². The van der Waals surface area contributed by atoms with Crippen LogP contribution in [-0.2, 0) is 6.54 Å². The van der Waals surface area contributed by atoms with Crippen LogP contribution in [0.4, 0.5) is 0 Å². The number of rotatable bonds is 4. The number of carbonyl (C=O) groups excluding carboxylic acids is 1. The van der Waals surface area contributed by atoms with Crippen LogP contribution in [0.15, 0.2) is 24.4 Å². The average molecular weight is 260 g/mol. The molecule has 2 aromatic rings. The third-order valence-corrected chi connectivity index (χ3v) is 2.68. The van der Waals surface area contributed by atoms with Gasteiger partial charge in [0.2, 0.25) is 0 Å². The Kier molecular flexibility index (Phi) is 3.79. The number of benzene rings is 1. The summed E-state index contributed by atoms with van der Waals surface area (Å²) in [4.78, 5) is 11.9. The first-order valence-electron chi connectivity index (χ1n) is 6.01. The summed E-state index contributed by atoms with van der Waals surface area (Å²) in [6.07, 6.45) is 1.80. The molecule has 0 radical (unpaired) electrons. The molecule has 0 aliphatic rings. The standard InChI is InChI=1S/C13H16N4O2/c1-9-3-4-12(18)11(7-9)13(19)14-5-6-17-8-10(2)15-16-17/h3-4,7-8,18H,5-6H2,1-2H3,(H,14,19). The van der Waals surface area contributed by atoms with Crippen LogP contribution in [0, 0.1) is 13.8 Å². The first-order valence-corrected chi connectivity index (χ1v) is 6.01. The number of carbonyl (C=O) groups is 1. The Morgan fingerprint density at radius 3 is 2.89 bits per heavy atom. The van der Waals surface area contributed by atoms with E-state index in [1.807, 2.05) is 13.8 Å². The molecule has 1 amide bonds. The van der Waals surface area contributed by atoms with Gasteiger partial charge in [-0.2, -0.15) is 0 Å². The van der Waals surface area contributed by atoms with Crippen molar-refractivity contribution in [3.05, 3.63) is 41.2 Å². The van der Waals surface area contributed by atoms with E-state index in [9.17, 15) is 9.90 Å². The summed E-state index contributed by atoms with van der Waals surface area (Å²) < 4.78 is 1.66. The number of aromatic nitrogens is 3. The normalized spacial score (nSPS) is 10.4. The van der Waals surface area contributed by atoms with E-state index in [1.165, 1.54) is 6.07 Å². The molecule has 1 aromatic heterocycles. The van der Waals surface area contributed by atoms with Crippen molar-refractivity contribution >= 4 is 5.91 Å². The maximum atomic E-state index is 11.9. The Morgan fingerprint density at radius 2 is 2.21 bits per heavy atom. The summed E-state index contributed by atoms with van der Waals surface area (Å²) in [6.45, 7) is 4.69. The average Bonchev–Trinajstić information content (AvgIpc) is 2.78. The molecular weight excluding hydrogens is 244 g/mol. The van der Waals surface area contributed by atoms with Gasteiger partial charge in [0.05, 0.1) is 17.8 Å². The molecular formula is C13H16N4O2. The highest BCUT2D eigenvalue weighted by Gasteiger charge is 2.10.